The average molecular weight is 360 g/mol. The fourth-order valence-electron chi connectivity index (χ4n) is 3.19. The van der Waals surface area contributed by atoms with Gasteiger partial charge in [0, 0.05) is 31.4 Å². The van der Waals surface area contributed by atoms with Gasteiger partial charge in [-0.2, -0.15) is 0 Å². The molecule has 0 amide bonds. The number of nitrogens with one attached hydrogen (secondary N) is 1. The summed E-state index contributed by atoms with van der Waals surface area (Å²) in [6.45, 7) is 2.87. The van der Waals surface area contributed by atoms with Gasteiger partial charge < -0.3 is 11.1 Å². The van der Waals surface area contributed by atoms with E-state index in [0.717, 1.165) is 32.5 Å². The molecule has 1 aliphatic rings. The molecule has 1 heterocycles. The second kappa shape index (κ2) is 7.43. The molecule has 1 fully saturated rings. The highest BCUT2D eigenvalue weighted by atomic mass is 32.2. The molecule has 7 heteroatoms. The first-order chi connectivity index (χ1) is 11.9. The first-order valence-corrected chi connectivity index (χ1v) is 9.91. The van der Waals surface area contributed by atoms with Crippen LogP contribution in [0.5, 0.6) is 0 Å². The summed E-state index contributed by atoms with van der Waals surface area (Å²) in [6, 6.07) is 15.4. The molecule has 5 N–H and O–H groups in total. The number of anilines is 2. The molecule has 2 aromatic carbocycles. The van der Waals surface area contributed by atoms with Crippen molar-refractivity contribution in [3.63, 3.8) is 0 Å². The van der Waals surface area contributed by atoms with E-state index in [1.807, 2.05) is 6.07 Å². The van der Waals surface area contributed by atoms with E-state index in [2.05, 4.69) is 34.5 Å². The molecule has 25 heavy (non-hydrogen) atoms. The highest BCUT2D eigenvalue weighted by molar-refractivity contribution is 7.89. The summed E-state index contributed by atoms with van der Waals surface area (Å²) in [7, 11) is -3.81. The summed E-state index contributed by atoms with van der Waals surface area (Å²) in [6.07, 6.45) is 1.89. The fourth-order valence-corrected chi connectivity index (χ4v) is 3.92. The lowest BCUT2D eigenvalue weighted by Crippen LogP contribution is -2.38. The van der Waals surface area contributed by atoms with Crippen molar-refractivity contribution in [3.8, 4) is 0 Å². The summed E-state index contributed by atoms with van der Waals surface area (Å²) >= 11 is 0. The number of nitrogen functional groups attached to an aromatic ring is 1. The largest absolute Gasteiger partial charge is 0.399 e. The lowest BCUT2D eigenvalue weighted by atomic mass is 10.0. The van der Waals surface area contributed by atoms with Crippen LogP contribution in [0.1, 0.15) is 18.4 Å². The van der Waals surface area contributed by atoms with Gasteiger partial charge >= 0.3 is 0 Å². The van der Waals surface area contributed by atoms with Gasteiger partial charge in [-0.05, 0) is 36.6 Å². The number of sulfonamides is 1. The molecular formula is C18H24N4O2S. The standard InChI is InChI=1S/C18H24N4O2S/c19-15-6-7-17(18(12-15)25(20,23)24)21-16-8-10-22(11-9-16)13-14-4-2-1-3-5-14/h1-7,12,16,21H,8-11,13,19H2,(H2,20,23,24). The molecule has 134 valence electrons. The molecule has 0 atom stereocenters. The number of nitrogens with zero attached hydrogens (tertiary/aromatic N) is 1. The Morgan fingerprint density at radius 1 is 1.08 bits per heavy atom. The predicted octanol–water partition coefficient (Wildman–Crippen LogP) is 1.99. The van der Waals surface area contributed by atoms with E-state index in [-0.39, 0.29) is 10.9 Å². The first-order valence-electron chi connectivity index (χ1n) is 8.37. The second-order valence-electron chi connectivity index (χ2n) is 6.48. The van der Waals surface area contributed by atoms with Crippen LogP contribution in [0.2, 0.25) is 0 Å². The molecule has 1 saturated heterocycles. The molecule has 0 bridgehead atoms. The molecule has 0 radical (unpaired) electrons. The smallest absolute Gasteiger partial charge is 0.240 e. The van der Waals surface area contributed by atoms with Gasteiger partial charge in [-0.1, -0.05) is 30.3 Å². The van der Waals surface area contributed by atoms with Crippen LogP contribution in [0.15, 0.2) is 53.4 Å². The van der Waals surface area contributed by atoms with Gasteiger partial charge in [0.25, 0.3) is 0 Å². The Labute approximate surface area is 148 Å². The highest BCUT2D eigenvalue weighted by Crippen LogP contribution is 2.26. The number of likely N-dealkylation sites (tertiary alicyclic amines) is 1. The van der Waals surface area contributed by atoms with Crippen LogP contribution in [0.3, 0.4) is 0 Å². The van der Waals surface area contributed by atoms with Crippen molar-refractivity contribution < 1.29 is 8.42 Å². The summed E-state index contributed by atoms with van der Waals surface area (Å²) in [5, 5.41) is 8.63. The molecule has 0 spiro atoms. The monoisotopic (exact) mass is 360 g/mol. The van der Waals surface area contributed by atoms with Crippen molar-refractivity contribution in [1.82, 2.24) is 4.90 Å². The third-order valence-corrected chi connectivity index (χ3v) is 5.46. The number of piperidine rings is 1. The van der Waals surface area contributed by atoms with Crippen LogP contribution in [-0.2, 0) is 16.6 Å². The number of hydrogen-bond donors (Lipinski definition) is 3. The minimum Gasteiger partial charge on any atom is -0.399 e. The Hall–Kier alpha value is -2.09. The van der Waals surface area contributed by atoms with Gasteiger partial charge in [-0.3, -0.25) is 4.90 Å². The van der Waals surface area contributed by atoms with Crippen molar-refractivity contribution >= 4 is 21.4 Å². The topological polar surface area (TPSA) is 101 Å². The Bertz CT molecular complexity index is 816. The Kier molecular flexibility index (Phi) is 5.27. The summed E-state index contributed by atoms with van der Waals surface area (Å²) in [5.41, 5.74) is 7.91. The lowest BCUT2D eigenvalue weighted by Gasteiger charge is -2.33. The van der Waals surface area contributed by atoms with Crippen molar-refractivity contribution in [3.05, 3.63) is 54.1 Å². The van der Waals surface area contributed by atoms with E-state index < -0.39 is 10.0 Å². The van der Waals surface area contributed by atoms with E-state index in [1.54, 1.807) is 12.1 Å². The zero-order valence-corrected chi connectivity index (χ0v) is 14.9. The molecule has 1 aliphatic heterocycles. The fraction of sp³-hybridized carbons (Fsp3) is 0.333. The molecule has 0 aliphatic carbocycles. The van der Waals surface area contributed by atoms with Crippen LogP contribution in [0.25, 0.3) is 0 Å². The highest BCUT2D eigenvalue weighted by Gasteiger charge is 2.22. The van der Waals surface area contributed by atoms with E-state index in [0.29, 0.717) is 11.4 Å². The van der Waals surface area contributed by atoms with Crippen molar-refractivity contribution in [2.75, 3.05) is 24.1 Å². The molecular weight excluding hydrogens is 336 g/mol. The summed E-state index contributed by atoms with van der Waals surface area (Å²) in [4.78, 5) is 2.47. The Balaban J connectivity index is 1.61. The maximum atomic E-state index is 11.8. The SMILES string of the molecule is Nc1ccc(NC2CCN(Cc3ccccc3)CC2)c(S(N)(=O)=O)c1. The first kappa shape index (κ1) is 17.7. The number of nitrogens with two attached hydrogens (primary N) is 2. The quantitative estimate of drug-likeness (QED) is 0.708. The van der Waals surface area contributed by atoms with Gasteiger partial charge in [0.1, 0.15) is 4.90 Å². The molecule has 0 saturated carbocycles. The summed E-state index contributed by atoms with van der Waals surface area (Å²) < 4.78 is 23.6. The Morgan fingerprint density at radius 3 is 2.40 bits per heavy atom. The maximum absolute atomic E-state index is 11.8. The molecule has 0 unspecified atom stereocenters. The van der Waals surface area contributed by atoms with E-state index in [1.165, 1.54) is 11.6 Å². The van der Waals surface area contributed by atoms with Crippen LogP contribution in [0.4, 0.5) is 11.4 Å². The molecule has 3 rings (SSSR count). The number of primary sulfonamides is 1. The van der Waals surface area contributed by atoms with Crippen LogP contribution >= 0.6 is 0 Å². The zero-order chi connectivity index (χ0) is 17.9. The van der Waals surface area contributed by atoms with Crippen LogP contribution < -0.4 is 16.2 Å². The van der Waals surface area contributed by atoms with Crippen molar-refractivity contribution in [1.29, 1.82) is 0 Å². The molecule has 0 aromatic heterocycles. The van der Waals surface area contributed by atoms with Crippen molar-refractivity contribution in [2.45, 2.75) is 30.3 Å². The molecule has 2 aromatic rings. The second-order valence-corrected chi connectivity index (χ2v) is 8.01. The predicted molar refractivity (Wildman–Crippen MR) is 101 cm³/mol. The third kappa shape index (κ3) is 4.72. The average Bonchev–Trinajstić information content (AvgIpc) is 2.58. The van der Waals surface area contributed by atoms with Gasteiger partial charge in [0.05, 0.1) is 5.69 Å². The van der Waals surface area contributed by atoms with Gasteiger partial charge in [-0.15, -0.1) is 0 Å². The van der Waals surface area contributed by atoms with E-state index in [9.17, 15) is 8.42 Å². The number of hydrogen-bond acceptors (Lipinski definition) is 5. The lowest BCUT2D eigenvalue weighted by molar-refractivity contribution is 0.211. The minimum absolute atomic E-state index is 0.0548. The third-order valence-electron chi connectivity index (χ3n) is 4.51. The number of benzene rings is 2. The summed E-state index contributed by atoms with van der Waals surface area (Å²) in [5.74, 6) is 0. The van der Waals surface area contributed by atoms with Crippen LogP contribution in [-0.4, -0.2) is 32.4 Å². The zero-order valence-electron chi connectivity index (χ0n) is 14.1. The normalized spacial score (nSPS) is 16.7. The van der Waals surface area contributed by atoms with Gasteiger partial charge in [0.15, 0.2) is 0 Å². The van der Waals surface area contributed by atoms with Crippen molar-refractivity contribution in [2.24, 2.45) is 5.14 Å². The van der Waals surface area contributed by atoms with E-state index >= 15 is 0 Å². The van der Waals surface area contributed by atoms with Crippen LogP contribution in [0, 0.1) is 0 Å². The minimum atomic E-state index is -3.81. The maximum Gasteiger partial charge on any atom is 0.240 e. The van der Waals surface area contributed by atoms with E-state index in [4.69, 9.17) is 10.9 Å². The van der Waals surface area contributed by atoms with Gasteiger partial charge in [-0.25, -0.2) is 13.6 Å². The Morgan fingerprint density at radius 2 is 1.76 bits per heavy atom. The number of rotatable bonds is 5. The van der Waals surface area contributed by atoms with Gasteiger partial charge in [0.2, 0.25) is 10.0 Å². The molecule has 6 nitrogen and oxygen atoms in total.